The summed E-state index contributed by atoms with van der Waals surface area (Å²) in [5.74, 6) is 1.50. The normalized spacial score (nSPS) is 14.5. The zero-order valence-electron chi connectivity index (χ0n) is 17.8. The van der Waals surface area contributed by atoms with Crippen molar-refractivity contribution in [2.24, 2.45) is 0 Å². The van der Waals surface area contributed by atoms with Crippen LogP contribution in [-0.2, 0) is 0 Å². The quantitative estimate of drug-likeness (QED) is 0.478. The van der Waals surface area contributed by atoms with Gasteiger partial charge >= 0.3 is 0 Å². The first kappa shape index (κ1) is 20.1. The van der Waals surface area contributed by atoms with Gasteiger partial charge < -0.3 is 9.42 Å². The van der Waals surface area contributed by atoms with Crippen molar-refractivity contribution in [1.82, 2.24) is 25.0 Å². The number of aryl methyl sites for hydroxylation is 1. The summed E-state index contributed by atoms with van der Waals surface area (Å²) in [6.45, 7) is 3.25. The number of benzene rings is 1. The highest BCUT2D eigenvalue weighted by Crippen LogP contribution is 2.35. The second-order valence-electron chi connectivity index (χ2n) is 7.97. The molecule has 0 N–H and O–H groups in total. The molecule has 32 heavy (non-hydrogen) atoms. The zero-order chi connectivity index (χ0) is 21.9. The van der Waals surface area contributed by atoms with E-state index in [4.69, 9.17) is 9.51 Å². The number of hydrogen-bond donors (Lipinski definition) is 0. The maximum absolute atomic E-state index is 12.8. The lowest BCUT2D eigenvalue weighted by Gasteiger charge is -2.32. The minimum atomic E-state index is 0.0759. The summed E-state index contributed by atoms with van der Waals surface area (Å²) in [7, 11) is 0. The summed E-state index contributed by atoms with van der Waals surface area (Å²) in [5, 5.41) is 4.03. The monoisotopic (exact) mass is 425 g/mol. The molecule has 1 aromatic carbocycles. The average molecular weight is 425 g/mol. The van der Waals surface area contributed by atoms with Crippen LogP contribution in [-0.4, -0.2) is 44.0 Å². The van der Waals surface area contributed by atoms with Crippen LogP contribution in [0.4, 0.5) is 0 Å². The predicted molar refractivity (Wildman–Crippen MR) is 120 cm³/mol. The highest BCUT2D eigenvalue weighted by molar-refractivity contribution is 5.94. The highest BCUT2D eigenvalue weighted by atomic mass is 16.5. The maximum Gasteiger partial charge on any atom is 0.253 e. The SMILES string of the molecule is Cc1cc(-c2cnc(-c3ccccn3)nc2C2CCN(C(=O)c3ccccc3)CC2)on1. The molecule has 0 bridgehead atoms. The van der Waals surface area contributed by atoms with E-state index in [1.54, 1.807) is 12.4 Å². The van der Waals surface area contributed by atoms with E-state index >= 15 is 0 Å². The van der Waals surface area contributed by atoms with Crippen LogP contribution < -0.4 is 0 Å². The van der Waals surface area contributed by atoms with Gasteiger partial charge in [0.2, 0.25) is 0 Å². The minimum Gasteiger partial charge on any atom is -0.356 e. The molecule has 4 aromatic rings. The number of likely N-dealkylation sites (tertiary alicyclic amines) is 1. The van der Waals surface area contributed by atoms with Crippen molar-refractivity contribution in [3.05, 3.63) is 83.9 Å². The van der Waals surface area contributed by atoms with E-state index in [0.29, 0.717) is 24.7 Å². The lowest BCUT2D eigenvalue weighted by Crippen LogP contribution is -2.38. The smallest absolute Gasteiger partial charge is 0.253 e. The van der Waals surface area contributed by atoms with Gasteiger partial charge in [-0.15, -0.1) is 0 Å². The predicted octanol–water partition coefficient (Wildman–Crippen LogP) is 4.52. The van der Waals surface area contributed by atoms with Crippen LogP contribution in [0.5, 0.6) is 0 Å². The van der Waals surface area contributed by atoms with Gasteiger partial charge in [0.15, 0.2) is 11.6 Å². The van der Waals surface area contributed by atoms with Crippen molar-refractivity contribution in [2.45, 2.75) is 25.7 Å². The minimum absolute atomic E-state index is 0.0759. The van der Waals surface area contributed by atoms with Crippen molar-refractivity contribution in [3.8, 4) is 22.8 Å². The van der Waals surface area contributed by atoms with Gasteiger partial charge in [0.1, 0.15) is 5.69 Å². The molecular formula is C25H23N5O2. The molecule has 1 fully saturated rings. The van der Waals surface area contributed by atoms with Crippen molar-refractivity contribution < 1.29 is 9.32 Å². The number of rotatable bonds is 4. The molecule has 1 aliphatic heterocycles. The Bertz CT molecular complexity index is 1220. The standard InChI is InChI=1S/C25H23N5O2/c1-17-15-22(32-29-17)20-16-27-24(21-9-5-6-12-26-21)28-23(20)18-10-13-30(14-11-18)25(31)19-7-3-2-4-8-19/h2-9,12,15-16,18H,10-11,13-14H2,1H3. The van der Waals surface area contributed by atoms with Gasteiger partial charge in [0, 0.05) is 43.0 Å². The summed E-state index contributed by atoms with van der Waals surface area (Å²) in [6.07, 6.45) is 5.17. The van der Waals surface area contributed by atoms with E-state index in [-0.39, 0.29) is 11.8 Å². The summed E-state index contributed by atoms with van der Waals surface area (Å²) >= 11 is 0. The summed E-state index contributed by atoms with van der Waals surface area (Å²) in [6, 6.07) is 17.0. The molecule has 0 atom stereocenters. The molecule has 1 aliphatic rings. The Kier molecular flexibility index (Phi) is 5.46. The number of aromatic nitrogens is 4. The van der Waals surface area contributed by atoms with E-state index in [0.717, 1.165) is 41.1 Å². The van der Waals surface area contributed by atoms with Crippen molar-refractivity contribution in [3.63, 3.8) is 0 Å². The Morgan fingerprint density at radius 3 is 2.50 bits per heavy atom. The first-order valence-electron chi connectivity index (χ1n) is 10.8. The fourth-order valence-electron chi connectivity index (χ4n) is 4.12. The van der Waals surface area contributed by atoms with E-state index in [1.165, 1.54) is 0 Å². The Hall–Kier alpha value is -3.87. The second kappa shape index (κ2) is 8.70. The van der Waals surface area contributed by atoms with Gasteiger partial charge in [-0.25, -0.2) is 9.97 Å². The van der Waals surface area contributed by atoms with Crippen LogP contribution in [0.2, 0.25) is 0 Å². The molecule has 1 saturated heterocycles. The van der Waals surface area contributed by atoms with Gasteiger partial charge in [-0.3, -0.25) is 9.78 Å². The van der Waals surface area contributed by atoms with Crippen molar-refractivity contribution in [2.75, 3.05) is 13.1 Å². The molecule has 7 nitrogen and oxygen atoms in total. The third-order valence-electron chi connectivity index (χ3n) is 5.80. The van der Waals surface area contributed by atoms with Crippen LogP contribution in [0.15, 0.2) is 71.5 Å². The van der Waals surface area contributed by atoms with E-state index in [9.17, 15) is 4.79 Å². The second-order valence-corrected chi connectivity index (χ2v) is 7.97. The largest absolute Gasteiger partial charge is 0.356 e. The highest BCUT2D eigenvalue weighted by Gasteiger charge is 2.28. The van der Waals surface area contributed by atoms with Gasteiger partial charge in [-0.1, -0.05) is 29.4 Å². The molecule has 4 heterocycles. The van der Waals surface area contributed by atoms with Crippen molar-refractivity contribution in [1.29, 1.82) is 0 Å². The molecule has 5 rings (SSSR count). The van der Waals surface area contributed by atoms with Crippen molar-refractivity contribution >= 4 is 5.91 Å². The van der Waals surface area contributed by atoms with Gasteiger partial charge in [0.25, 0.3) is 5.91 Å². The molecule has 7 heteroatoms. The molecule has 0 spiro atoms. The first-order valence-corrected chi connectivity index (χ1v) is 10.8. The first-order chi connectivity index (χ1) is 15.7. The molecule has 0 unspecified atom stereocenters. The van der Waals surface area contributed by atoms with Gasteiger partial charge in [-0.2, -0.15) is 0 Å². The van der Waals surface area contributed by atoms with Gasteiger partial charge in [0.05, 0.1) is 17.0 Å². The van der Waals surface area contributed by atoms with Crippen LogP contribution in [0, 0.1) is 6.92 Å². The molecule has 160 valence electrons. The number of nitrogens with zero attached hydrogens (tertiary/aromatic N) is 5. The fraction of sp³-hybridized carbons (Fsp3) is 0.240. The average Bonchev–Trinajstić information content (AvgIpc) is 3.30. The van der Waals surface area contributed by atoms with Crippen LogP contribution >= 0.6 is 0 Å². The Balaban J connectivity index is 1.43. The number of amides is 1. The Labute approximate surface area is 186 Å². The fourth-order valence-corrected chi connectivity index (χ4v) is 4.12. The topological polar surface area (TPSA) is 85.0 Å². The molecule has 3 aromatic heterocycles. The van der Waals surface area contributed by atoms with E-state index in [2.05, 4.69) is 15.1 Å². The number of carbonyl (C=O) groups is 1. The number of pyridine rings is 1. The molecule has 1 amide bonds. The lowest BCUT2D eigenvalue weighted by atomic mass is 9.89. The summed E-state index contributed by atoms with van der Waals surface area (Å²) in [4.78, 5) is 28.6. The molecular weight excluding hydrogens is 402 g/mol. The summed E-state index contributed by atoms with van der Waals surface area (Å²) in [5.41, 5.74) is 4.03. The molecule has 0 radical (unpaired) electrons. The number of piperidine rings is 1. The maximum atomic E-state index is 12.8. The van der Waals surface area contributed by atoms with E-state index in [1.807, 2.05) is 66.4 Å². The van der Waals surface area contributed by atoms with E-state index < -0.39 is 0 Å². The third kappa shape index (κ3) is 4.01. The molecule has 0 aliphatic carbocycles. The zero-order valence-corrected chi connectivity index (χ0v) is 17.8. The third-order valence-corrected chi connectivity index (χ3v) is 5.80. The van der Waals surface area contributed by atoms with Crippen LogP contribution in [0.25, 0.3) is 22.8 Å². The van der Waals surface area contributed by atoms with Crippen LogP contribution in [0.1, 0.15) is 40.5 Å². The van der Waals surface area contributed by atoms with Crippen LogP contribution in [0.3, 0.4) is 0 Å². The van der Waals surface area contributed by atoms with Gasteiger partial charge in [-0.05, 0) is 44.0 Å². The number of carbonyl (C=O) groups excluding carboxylic acids is 1. The number of hydrogen-bond acceptors (Lipinski definition) is 6. The molecule has 0 saturated carbocycles. The Morgan fingerprint density at radius 1 is 1.03 bits per heavy atom. The summed E-state index contributed by atoms with van der Waals surface area (Å²) < 4.78 is 5.53. The Morgan fingerprint density at radius 2 is 1.81 bits per heavy atom. The lowest BCUT2D eigenvalue weighted by molar-refractivity contribution is 0.0712.